The molecule has 0 spiro atoms. The molecule has 8 heteroatoms. The molecule has 0 radical (unpaired) electrons. The summed E-state index contributed by atoms with van der Waals surface area (Å²) in [6, 6.07) is 24.0. The quantitative estimate of drug-likeness (QED) is 0.197. The van der Waals surface area contributed by atoms with Crippen molar-refractivity contribution in [3.8, 4) is 0 Å². The summed E-state index contributed by atoms with van der Waals surface area (Å²) in [4.78, 5) is 0. The number of thioether (sulfide) groups is 1. The second-order valence-electron chi connectivity index (χ2n) is 5.87. The summed E-state index contributed by atoms with van der Waals surface area (Å²) in [5, 5.41) is 14.0. The molecule has 5 nitrogen and oxygen atoms in total. The summed E-state index contributed by atoms with van der Waals surface area (Å²) in [5.74, 6) is 0.609. The highest BCUT2D eigenvalue weighted by atomic mass is 79.9. The first-order valence-corrected chi connectivity index (χ1v) is 11.0. The van der Waals surface area contributed by atoms with Crippen LogP contribution in [-0.4, -0.2) is 20.0 Å². The minimum Gasteiger partial charge on any atom is -0.276 e. The van der Waals surface area contributed by atoms with E-state index in [0.29, 0.717) is 5.88 Å². The van der Waals surface area contributed by atoms with Crippen LogP contribution in [-0.2, 0) is 5.88 Å². The van der Waals surface area contributed by atoms with Crippen LogP contribution < -0.4 is 5.43 Å². The van der Waals surface area contributed by atoms with Crippen molar-refractivity contribution >= 4 is 65.4 Å². The molecule has 140 valence electrons. The summed E-state index contributed by atoms with van der Waals surface area (Å²) in [6.07, 6.45) is 0. The maximum absolute atomic E-state index is 4.66. The van der Waals surface area contributed by atoms with Gasteiger partial charge in [-0.05, 0) is 46.3 Å². The Morgan fingerprint density at radius 3 is 2.61 bits per heavy atom. The molecule has 0 saturated carbocycles. The Hall–Kier alpha value is -2.16. The fourth-order valence-corrected chi connectivity index (χ4v) is 4.57. The summed E-state index contributed by atoms with van der Waals surface area (Å²) in [5.41, 5.74) is 6.98. The number of aromatic nitrogens is 3. The number of halogens is 2. The van der Waals surface area contributed by atoms with E-state index in [1.54, 1.807) is 11.8 Å². The van der Waals surface area contributed by atoms with E-state index in [1.807, 2.05) is 77.5 Å². The van der Waals surface area contributed by atoms with Gasteiger partial charge in [-0.15, -0.1) is 5.10 Å². The molecular weight excluding hydrogens is 502 g/mol. The Balaban J connectivity index is 1.58. The number of hydrogen-bond acceptors (Lipinski definition) is 5. The van der Waals surface area contributed by atoms with Crippen LogP contribution in [0.15, 0.2) is 86.8 Å². The molecule has 0 saturated heterocycles. The Morgan fingerprint density at radius 2 is 1.79 bits per heavy atom. The molecular formula is C20H15Br2N5S. The van der Waals surface area contributed by atoms with Crippen molar-refractivity contribution in [2.75, 3.05) is 5.43 Å². The summed E-state index contributed by atoms with van der Waals surface area (Å²) in [6.45, 7) is 0. The van der Waals surface area contributed by atoms with E-state index >= 15 is 0 Å². The number of nitrogens with one attached hydrogen (secondary N) is 1. The number of hydrazone groups is 1. The number of fused-ring (bicyclic) bond motifs is 1. The van der Waals surface area contributed by atoms with Crippen molar-refractivity contribution in [3.05, 3.63) is 87.3 Å². The van der Waals surface area contributed by atoms with Gasteiger partial charge in [0, 0.05) is 14.5 Å². The zero-order valence-electron chi connectivity index (χ0n) is 14.6. The van der Waals surface area contributed by atoms with Crippen molar-refractivity contribution in [1.29, 1.82) is 0 Å². The minimum absolute atomic E-state index is 0.609. The van der Waals surface area contributed by atoms with Crippen LogP contribution in [0, 0.1) is 0 Å². The van der Waals surface area contributed by atoms with Crippen LogP contribution in [0.4, 0.5) is 5.69 Å². The lowest BCUT2D eigenvalue weighted by atomic mass is 10.2. The third kappa shape index (κ3) is 4.45. The molecule has 1 aromatic heterocycles. The van der Waals surface area contributed by atoms with Gasteiger partial charge in [-0.1, -0.05) is 75.4 Å². The average molecular weight is 517 g/mol. The normalized spacial score (nSPS) is 11.7. The lowest BCUT2D eigenvalue weighted by Gasteiger charge is -2.09. The third-order valence-corrected chi connectivity index (χ3v) is 6.10. The van der Waals surface area contributed by atoms with E-state index in [9.17, 15) is 0 Å². The van der Waals surface area contributed by atoms with Crippen molar-refractivity contribution in [3.63, 3.8) is 0 Å². The monoisotopic (exact) mass is 515 g/mol. The number of nitrogens with zero attached hydrogens (tertiary/aromatic N) is 4. The predicted octanol–water partition coefficient (Wildman–Crippen LogP) is 6.12. The highest BCUT2D eigenvalue weighted by molar-refractivity contribution is 9.11. The SMILES string of the molecule is Brc1ccc(NN=C(SCn2nnc3ccccc32)c2ccccc2)c(Br)c1. The van der Waals surface area contributed by atoms with Gasteiger partial charge in [0.15, 0.2) is 0 Å². The van der Waals surface area contributed by atoms with Gasteiger partial charge >= 0.3 is 0 Å². The zero-order chi connectivity index (χ0) is 19.3. The molecule has 1 heterocycles. The maximum atomic E-state index is 4.66. The molecule has 28 heavy (non-hydrogen) atoms. The Labute approximate surface area is 183 Å². The van der Waals surface area contributed by atoms with Crippen LogP contribution in [0.2, 0.25) is 0 Å². The number of benzene rings is 3. The minimum atomic E-state index is 0.609. The molecule has 4 aromatic rings. The molecule has 0 aliphatic heterocycles. The van der Waals surface area contributed by atoms with E-state index < -0.39 is 0 Å². The molecule has 0 atom stereocenters. The van der Waals surface area contributed by atoms with Gasteiger partial charge in [0.1, 0.15) is 10.6 Å². The molecule has 4 rings (SSSR count). The average Bonchev–Trinajstić information content (AvgIpc) is 3.13. The Bertz CT molecular complexity index is 1130. The first-order valence-electron chi connectivity index (χ1n) is 8.46. The summed E-state index contributed by atoms with van der Waals surface area (Å²) >= 11 is 8.63. The number of rotatable bonds is 5. The molecule has 0 aliphatic carbocycles. The van der Waals surface area contributed by atoms with Gasteiger partial charge in [0.25, 0.3) is 0 Å². The van der Waals surface area contributed by atoms with Crippen molar-refractivity contribution in [2.24, 2.45) is 5.10 Å². The Morgan fingerprint density at radius 1 is 1.00 bits per heavy atom. The standard InChI is InChI=1S/C20H15Br2N5S/c21-15-10-11-17(16(22)12-15)23-25-20(14-6-2-1-3-7-14)28-13-27-19-9-5-4-8-18(19)24-26-27/h1-12,23H,13H2. The highest BCUT2D eigenvalue weighted by Gasteiger charge is 2.09. The first kappa shape index (κ1) is 19.2. The van der Waals surface area contributed by atoms with Crippen molar-refractivity contribution < 1.29 is 0 Å². The highest BCUT2D eigenvalue weighted by Crippen LogP contribution is 2.27. The lowest BCUT2D eigenvalue weighted by Crippen LogP contribution is -2.05. The molecule has 3 aromatic carbocycles. The number of anilines is 1. The molecule has 0 unspecified atom stereocenters. The fourth-order valence-electron chi connectivity index (χ4n) is 2.59. The third-order valence-electron chi connectivity index (χ3n) is 3.97. The van der Waals surface area contributed by atoms with Crippen LogP contribution in [0.1, 0.15) is 5.56 Å². The van der Waals surface area contributed by atoms with Crippen molar-refractivity contribution in [1.82, 2.24) is 15.0 Å². The van der Waals surface area contributed by atoms with Gasteiger partial charge in [0.2, 0.25) is 0 Å². The van der Waals surface area contributed by atoms with Crippen LogP contribution in [0.3, 0.4) is 0 Å². The van der Waals surface area contributed by atoms with Crippen molar-refractivity contribution in [2.45, 2.75) is 5.88 Å². The molecule has 0 amide bonds. The lowest BCUT2D eigenvalue weighted by molar-refractivity contribution is 0.724. The summed E-state index contributed by atoms with van der Waals surface area (Å²) in [7, 11) is 0. The maximum Gasteiger partial charge on any atom is 0.125 e. The second kappa shape index (κ2) is 8.89. The van der Waals surface area contributed by atoms with Gasteiger partial charge in [-0.25, -0.2) is 4.68 Å². The Kier molecular flexibility index (Phi) is 6.09. The molecule has 0 fully saturated rings. The van der Waals surface area contributed by atoms with Gasteiger partial charge in [-0.2, -0.15) is 5.10 Å². The van der Waals surface area contributed by atoms with Crippen LogP contribution >= 0.6 is 43.6 Å². The molecule has 1 N–H and O–H groups in total. The van der Waals surface area contributed by atoms with Crippen LogP contribution in [0.25, 0.3) is 11.0 Å². The van der Waals surface area contributed by atoms with E-state index in [1.165, 1.54) is 0 Å². The smallest absolute Gasteiger partial charge is 0.125 e. The van der Waals surface area contributed by atoms with E-state index in [0.717, 1.165) is 36.3 Å². The van der Waals surface area contributed by atoms with Gasteiger partial charge in [-0.3, -0.25) is 5.43 Å². The largest absolute Gasteiger partial charge is 0.276 e. The van der Waals surface area contributed by atoms with E-state index in [2.05, 4.69) is 52.7 Å². The predicted molar refractivity (Wildman–Crippen MR) is 124 cm³/mol. The van der Waals surface area contributed by atoms with Gasteiger partial charge in [0.05, 0.1) is 17.1 Å². The van der Waals surface area contributed by atoms with E-state index in [-0.39, 0.29) is 0 Å². The first-order chi connectivity index (χ1) is 13.7. The van der Waals surface area contributed by atoms with Crippen LogP contribution in [0.5, 0.6) is 0 Å². The number of hydrogen-bond donors (Lipinski definition) is 1. The zero-order valence-corrected chi connectivity index (χ0v) is 18.6. The fraction of sp³-hybridized carbons (Fsp3) is 0.0500. The second-order valence-corrected chi connectivity index (χ2v) is 8.57. The molecule has 0 bridgehead atoms. The van der Waals surface area contributed by atoms with E-state index in [4.69, 9.17) is 0 Å². The number of para-hydroxylation sites is 1. The summed E-state index contributed by atoms with van der Waals surface area (Å²) < 4.78 is 3.82. The molecule has 0 aliphatic rings. The topological polar surface area (TPSA) is 55.1 Å². The van der Waals surface area contributed by atoms with Gasteiger partial charge < -0.3 is 0 Å².